The zero-order valence-electron chi connectivity index (χ0n) is 46.2. The van der Waals surface area contributed by atoms with Gasteiger partial charge in [-0.05, 0) is 157 Å². The first kappa shape index (κ1) is 57.0. The van der Waals surface area contributed by atoms with Gasteiger partial charge in [-0.15, -0.1) is 0 Å². The number of allylic oxidation sites excluding steroid dienone is 3. The normalized spacial score (nSPS) is 28.3. The van der Waals surface area contributed by atoms with Crippen molar-refractivity contribution in [1.29, 1.82) is 0 Å². The van der Waals surface area contributed by atoms with Crippen LogP contribution in [-0.4, -0.2) is 119 Å². The van der Waals surface area contributed by atoms with Crippen LogP contribution in [0, 0.1) is 29.0 Å². The van der Waals surface area contributed by atoms with Gasteiger partial charge in [-0.3, -0.25) is 9.59 Å². The number of carboxylic acid groups (broad SMARTS) is 1. The van der Waals surface area contributed by atoms with Crippen LogP contribution in [0.2, 0.25) is 0 Å². The van der Waals surface area contributed by atoms with Crippen molar-refractivity contribution in [3.8, 4) is 17.2 Å². The Labute approximate surface area is 449 Å². The van der Waals surface area contributed by atoms with Crippen LogP contribution in [0.5, 0.6) is 17.2 Å². The average Bonchev–Trinajstić information content (AvgIpc) is 4.19. The van der Waals surface area contributed by atoms with Gasteiger partial charge >= 0.3 is 5.97 Å². The number of carboxylic acids is 1. The van der Waals surface area contributed by atoms with Gasteiger partial charge < -0.3 is 54.3 Å². The number of aromatic carboxylic acids is 1. The van der Waals surface area contributed by atoms with Crippen LogP contribution >= 0.6 is 0 Å². The number of aliphatic hydroxyl groups excluding tert-OH is 2. The second kappa shape index (κ2) is 24.2. The van der Waals surface area contributed by atoms with Crippen LogP contribution in [0.1, 0.15) is 159 Å². The molecule has 5 N–H and O–H groups in total. The molecule has 4 aliphatic carbocycles. The minimum Gasteiger partial charge on any atom is -0.493 e. The number of pyridine rings is 1. The first-order chi connectivity index (χ1) is 36.1. The third kappa shape index (κ3) is 12.9. The monoisotopic (exact) mass is 1050 g/mol. The molecule has 8 atom stereocenters. The minimum absolute atomic E-state index is 0.0434. The van der Waals surface area contributed by atoms with E-state index in [-0.39, 0.29) is 35.4 Å². The van der Waals surface area contributed by atoms with E-state index >= 15 is 0 Å². The molecule has 2 unspecified atom stereocenters. The Morgan fingerprint density at radius 3 is 2.45 bits per heavy atom. The van der Waals surface area contributed by atoms with Gasteiger partial charge in [-0.25, -0.2) is 9.18 Å². The first-order valence-electron chi connectivity index (χ1n) is 28.1. The lowest BCUT2D eigenvalue weighted by molar-refractivity contribution is -0.119. The van der Waals surface area contributed by atoms with Crippen molar-refractivity contribution < 1.29 is 48.6 Å². The van der Waals surface area contributed by atoms with Crippen molar-refractivity contribution >= 4 is 28.5 Å². The topological polar surface area (TPSA) is 183 Å². The van der Waals surface area contributed by atoms with E-state index in [2.05, 4.69) is 42.8 Å². The second-order valence-corrected chi connectivity index (χ2v) is 24.0. The smallest absolute Gasteiger partial charge is 0.341 e. The van der Waals surface area contributed by atoms with Gasteiger partial charge in [0.05, 0.1) is 48.0 Å². The van der Waals surface area contributed by atoms with E-state index in [1.165, 1.54) is 57.6 Å². The molecule has 2 saturated heterocycles. The molecule has 10 rings (SSSR count). The van der Waals surface area contributed by atoms with Crippen LogP contribution in [0.3, 0.4) is 0 Å². The summed E-state index contributed by atoms with van der Waals surface area (Å²) in [6, 6.07) is 7.02. The standard InChI is InChI=1S/C27H44O3.C18H20FN3O4.C16H21NO3/c1-18(8-6-14-26(3,4)30)23-12-13-24-20(9-7-15-27(23,24)5)10-11-21-16-22(28)17-25(29)19(21)2;1-10-9-26-17-14-11(16(23)12(18(24)25)8-22(10)14)7-13(19)15(17)21-5-3-20(2)4-6-21;1-19-14-7-6-11(12-9-16(18)17-10-12)8-15(14)20-13-4-2-3-5-13/h10-11,18,22-25,28-30H,2,6-9,12-17H2,1,3-5H3;7-8,10H,3-6,9H2,1-2H3,(H,24,25);6-8,12-13H,2-5,9-10H2,1H3,(H,17,18)/b20-10+,21-11-;;/t18-,22-,23-,24+,25+,27-;;/m1../s1. The number of nitrogens with one attached hydrogen (secondary N) is 1. The Bertz CT molecular complexity index is 2710. The van der Waals surface area contributed by atoms with E-state index in [4.69, 9.17) is 14.2 Å². The summed E-state index contributed by atoms with van der Waals surface area (Å²) in [5.74, 6) is 2.53. The van der Waals surface area contributed by atoms with Gasteiger partial charge in [0, 0.05) is 57.7 Å². The highest BCUT2D eigenvalue weighted by atomic mass is 19.1. The minimum atomic E-state index is -1.32. The van der Waals surface area contributed by atoms with Gasteiger partial charge in [0.25, 0.3) is 0 Å². The summed E-state index contributed by atoms with van der Waals surface area (Å²) in [4.78, 5) is 39.4. The summed E-state index contributed by atoms with van der Waals surface area (Å²) in [6.07, 6.45) is 20.8. The number of likely N-dealkylation sites (N-methyl/N-ethyl adjacent to an activating group) is 1. The number of methoxy groups -OCH3 is 1. The SMILES string of the molecule is C=C1/C(=C\C=C2/CCC[C@]3(C)[C@@H]([C@H](C)CCCC(C)(C)O)CC[C@@H]23)C[C@@H](O)C[C@@H]1O.CC1COc2c(N3CCN(C)CC3)c(F)cc3c(=O)c(C(=O)O)cn1c23.COc1ccc(C2CNC(=O)C2)cc1OC1CCCC1. The molecule has 0 bridgehead atoms. The lowest BCUT2D eigenvalue weighted by Gasteiger charge is -2.44. The number of carbonyl (C=O) groups is 2. The number of carbonyl (C=O) groups excluding carboxylic acids is 1. The lowest BCUT2D eigenvalue weighted by atomic mass is 9.60. The molecule has 0 radical (unpaired) electrons. The highest BCUT2D eigenvalue weighted by Crippen LogP contribution is 2.60. The number of ether oxygens (including phenoxy) is 3. The fourth-order valence-corrected chi connectivity index (χ4v) is 13.5. The van der Waals surface area contributed by atoms with Gasteiger partial charge in [0.15, 0.2) is 23.1 Å². The van der Waals surface area contributed by atoms with Gasteiger partial charge in [0.1, 0.15) is 17.9 Å². The number of amides is 1. The molecule has 6 fully saturated rings. The molecule has 1 aromatic heterocycles. The van der Waals surface area contributed by atoms with E-state index in [1.54, 1.807) is 17.3 Å². The Morgan fingerprint density at radius 1 is 1.04 bits per heavy atom. The predicted octanol–water partition coefficient (Wildman–Crippen LogP) is 9.87. The molecule has 76 heavy (non-hydrogen) atoms. The number of fused-ring (bicyclic) bond motifs is 1. The van der Waals surface area contributed by atoms with Gasteiger partial charge in [-0.1, -0.05) is 57.1 Å². The maximum absolute atomic E-state index is 15.0. The fourth-order valence-electron chi connectivity index (χ4n) is 13.5. The molecular formula is C61H85FN4O10. The maximum atomic E-state index is 15.0. The van der Waals surface area contributed by atoms with E-state index in [9.17, 15) is 39.2 Å². The molecule has 15 heteroatoms. The van der Waals surface area contributed by atoms with Crippen LogP contribution in [-0.2, 0) is 4.79 Å². The third-order valence-corrected chi connectivity index (χ3v) is 17.9. The summed E-state index contributed by atoms with van der Waals surface area (Å²) >= 11 is 0. The summed E-state index contributed by atoms with van der Waals surface area (Å²) in [5, 5.41) is 42.4. The lowest BCUT2D eigenvalue weighted by Crippen LogP contribution is -2.45. The number of nitrogens with zero attached hydrogens (tertiary/aromatic N) is 3. The quantitative estimate of drug-likeness (QED) is 0.116. The van der Waals surface area contributed by atoms with Crippen LogP contribution in [0.4, 0.5) is 10.1 Å². The van der Waals surface area contributed by atoms with Crippen molar-refractivity contribution in [2.45, 2.75) is 167 Å². The first-order valence-corrected chi connectivity index (χ1v) is 28.1. The van der Waals surface area contributed by atoms with Crippen LogP contribution in [0.25, 0.3) is 10.9 Å². The number of hydrogen-bond donors (Lipinski definition) is 5. The summed E-state index contributed by atoms with van der Waals surface area (Å²) in [5.41, 5.74) is 4.09. The fraction of sp³-hybridized carbons (Fsp3) is 0.623. The number of hydrogen-bond acceptors (Lipinski definition) is 11. The summed E-state index contributed by atoms with van der Waals surface area (Å²) in [7, 11) is 3.68. The molecule has 416 valence electrons. The number of rotatable bonds is 12. The van der Waals surface area contributed by atoms with Gasteiger partial charge in [-0.2, -0.15) is 0 Å². The molecule has 14 nitrogen and oxygen atoms in total. The Morgan fingerprint density at radius 2 is 1.78 bits per heavy atom. The summed E-state index contributed by atoms with van der Waals surface area (Å²) in [6.45, 7) is 18.6. The Kier molecular flexibility index (Phi) is 18.1. The molecule has 7 aliphatic rings. The molecular weight excluding hydrogens is 968 g/mol. The van der Waals surface area contributed by atoms with E-state index in [0.717, 1.165) is 79.0 Å². The number of halogens is 1. The van der Waals surface area contributed by atoms with Crippen molar-refractivity contribution in [2.24, 2.45) is 23.2 Å². The van der Waals surface area contributed by atoms with Crippen molar-refractivity contribution in [1.82, 2.24) is 14.8 Å². The van der Waals surface area contributed by atoms with Crippen LogP contribution in [0.15, 0.2) is 70.7 Å². The highest BCUT2D eigenvalue weighted by Gasteiger charge is 2.50. The predicted molar refractivity (Wildman–Crippen MR) is 295 cm³/mol. The van der Waals surface area contributed by atoms with Crippen molar-refractivity contribution in [3.05, 3.63) is 93.1 Å². The molecule has 3 aromatic rings. The number of aliphatic hydroxyl groups is 3. The van der Waals surface area contributed by atoms with Crippen LogP contribution < -0.4 is 29.9 Å². The molecule has 1 amide bonds. The third-order valence-electron chi connectivity index (χ3n) is 17.9. The zero-order valence-corrected chi connectivity index (χ0v) is 46.2. The number of piperazine rings is 1. The maximum Gasteiger partial charge on any atom is 0.341 e. The summed E-state index contributed by atoms with van der Waals surface area (Å²) < 4.78 is 34.0. The Hall–Kier alpha value is -5.22. The molecule has 3 aliphatic heterocycles. The molecule has 0 spiro atoms. The van der Waals surface area contributed by atoms with Gasteiger partial charge in [0.2, 0.25) is 11.3 Å². The zero-order chi connectivity index (χ0) is 54.6. The highest BCUT2D eigenvalue weighted by molar-refractivity contribution is 5.97. The van der Waals surface area contributed by atoms with E-state index in [1.807, 2.05) is 50.9 Å². The number of benzene rings is 2. The molecule has 4 saturated carbocycles. The van der Waals surface area contributed by atoms with Crippen molar-refractivity contribution in [3.63, 3.8) is 0 Å². The second-order valence-electron chi connectivity index (χ2n) is 24.0. The largest absolute Gasteiger partial charge is 0.493 e. The Balaban J connectivity index is 0.000000154. The average molecular weight is 1050 g/mol. The number of aromatic nitrogens is 1. The van der Waals surface area contributed by atoms with E-state index in [0.29, 0.717) is 79.2 Å². The van der Waals surface area contributed by atoms with Crippen molar-refractivity contribution in [2.75, 3.05) is 58.4 Å². The van der Waals surface area contributed by atoms with E-state index < -0.39 is 35.0 Å². The number of anilines is 1. The molecule has 4 heterocycles. The molecule has 2 aromatic carbocycles.